The average Bonchev–Trinajstić information content (AvgIpc) is 3.19. The summed E-state index contributed by atoms with van der Waals surface area (Å²) in [6, 6.07) is 9.92. The number of benzene rings is 1. The highest BCUT2D eigenvalue weighted by atomic mass is 32.1. The fourth-order valence-electron chi connectivity index (χ4n) is 2.88. The summed E-state index contributed by atoms with van der Waals surface area (Å²) in [7, 11) is 0. The van der Waals surface area contributed by atoms with Crippen LogP contribution in [0.4, 0.5) is 5.69 Å². The first-order chi connectivity index (χ1) is 11.2. The number of hydrogen-bond donors (Lipinski definition) is 0. The average molecular weight is 322 g/mol. The minimum Gasteiger partial charge on any atom is -0.304 e. The lowest BCUT2D eigenvalue weighted by Gasteiger charge is -2.21. The van der Waals surface area contributed by atoms with Gasteiger partial charge in [0.15, 0.2) is 10.8 Å². The van der Waals surface area contributed by atoms with Crippen molar-refractivity contribution in [2.24, 2.45) is 0 Å². The Kier molecular flexibility index (Phi) is 3.38. The molecule has 5 nitrogen and oxygen atoms in total. The molecule has 0 spiro atoms. The summed E-state index contributed by atoms with van der Waals surface area (Å²) in [6.45, 7) is 2.06. The topological polar surface area (TPSA) is 59.0 Å². The molecule has 0 N–H and O–H groups in total. The van der Waals surface area contributed by atoms with Gasteiger partial charge in [0, 0.05) is 29.5 Å². The van der Waals surface area contributed by atoms with Crippen LogP contribution >= 0.6 is 11.3 Å². The number of carbonyl (C=O) groups excluding carboxylic acids is 1. The third-order valence-electron chi connectivity index (χ3n) is 3.91. The second-order valence-corrected chi connectivity index (χ2v) is 6.33. The molecule has 6 heteroatoms. The maximum atomic E-state index is 12.9. The van der Waals surface area contributed by atoms with Crippen molar-refractivity contribution in [2.45, 2.75) is 19.4 Å². The summed E-state index contributed by atoms with van der Waals surface area (Å²) in [5.74, 6) is 0.479. The number of thiazole rings is 1. The van der Waals surface area contributed by atoms with E-state index in [0.29, 0.717) is 16.5 Å². The van der Waals surface area contributed by atoms with Crippen LogP contribution in [0.25, 0.3) is 10.8 Å². The molecule has 2 aromatic heterocycles. The van der Waals surface area contributed by atoms with E-state index in [0.717, 1.165) is 12.1 Å². The molecule has 0 aliphatic carbocycles. The monoisotopic (exact) mass is 322 g/mol. The van der Waals surface area contributed by atoms with Crippen LogP contribution < -0.4 is 4.90 Å². The molecule has 1 aliphatic rings. The van der Waals surface area contributed by atoms with E-state index >= 15 is 0 Å². The number of rotatable bonds is 2. The number of para-hydroxylation sites is 1. The number of anilines is 1. The molecule has 0 unspecified atom stereocenters. The minimum absolute atomic E-state index is 0.0686. The summed E-state index contributed by atoms with van der Waals surface area (Å²) < 4.78 is 0. The van der Waals surface area contributed by atoms with Gasteiger partial charge < -0.3 is 4.90 Å². The number of aromatic nitrogens is 3. The normalized spacial score (nSPS) is 16.4. The van der Waals surface area contributed by atoms with Gasteiger partial charge in [-0.05, 0) is 31.0 Å². The Morgan fingerprint density at radius 1 is 1.22 bits per heavy atom. The van der Waals surface area contributed by atoms with E-state index in [9.17, 15) is 4.79 Å². The minimum atomic E-state index is -0.0686. The fourth-order valence-corrected chi connectivity index (χ4v) is 3.62. The Morgan fingerprint density at radius 2 is 2.00 bits per heavy atom. The van der Waals surface area contributed by atoms with E-state index in [2.05, 4.69) is 27.9 Å². The van der Waals surface area contributed by atoms with Gasteiger partial charge in [0.2, 0.25) is 0 Å². The highest BCUT2D eigenvalue weighted by Gasteiger charge is 2.32. The van der Waals surface area contributed by atoms with Crippen LogP contribution in [0.15, 0.2) is 48.1 Å². The molecule has 1 amide bonds. The van der Waals surface area contributed by atoms with Crippen LogP contribution in [0.2, 0.25) is 0 Å². The molecule has 23 heavy (non-hydrogen) atoms. The zero-order chi connectivity index (χ0) is 15.8. The van der Waals surface area contributed by atoms with Crippen molar-refractivity contribution in [3.05, 3.63) is 59.4 Å². The van der Waals surface area contributed by atoms with E-state index in [1.54, 1.807) is 23.8 Å². The molecule has 0 radical (unpaired) electrons. The van der Waals surface area contributed by atoms with Gasteiger partial charge in [-0.15, -0.1) is 11.3 Å². The molecule has 1 aromatic carbocycles. The molecule has 114 valence electrons. The number of amides is 1. The Balaban J connectivity index is 1.67. The largest absolute Gasteiger partial charge is 0.304 e. The lowest BCUT2D eigenvalue weighted by molar-refractivity contribution is 0.0977. The van der Waals surface area contributed by atoms with Gasteiger partial charge in [-0.3, -0.25) is 4.79 Å². The second-order valence-electron chi connectivity index (χ2n) is 5.47. The van der Waals surface area contributed by atoms with Crippen LogP contribution in [0.3, 0.4) is 0 Å². The number of carbonyl (C=O) groups is 1. The molecular formula is C17H14N4OS. The van der Waals surface area contributed by atoms with Crippen molar-refractivity contribution in [3.8, 4) is 10.8 Å². The number of nitrogens with zero attached hydrogens (tertiary/aromatic N) is 4. The van der Waals surface area contributed by atoms with Crippen molar-refractivity contribution < 1.29 is 4.79 Å². The van der Waals surface area contributed by atoms with E-state index in [-0.39, 0.29) is 11.9 Å². The van der Waals surface area contributed by atoms with Gasteiger partial charge in [0.25, 0.3) is 5.91 Å². The van der Waals surface area contributed by atoms with Crippen molar-refractivity contribution in [1.29, 1.82) is 0 Å². The Bertz CT molecular complexity index is 862. The Hall–Kier alpha value is -2.60. The van der Waals surface area contributed by atoms with Crippen LogP contribution in [-0.2, 0) is 6.42 Å². The summed E-state index contributed by atoms with van der Waals surface area (Å²) in [4.78, 5) is 27.5. The summed E-state index contributed by atoms with van der Waals surface area (Å²) in [6.07, 6.45) is 4.22. The maximum Gasteiger partial charge on any atom is 0.278 e. The van der Waals surface area contributed by atoms with Gasteiger partial charge >= 0.3 is 0 Å². The third-order valence-corrected chi connectivity index (χ3v) is 4.74. The van der Waals surface area contributed by atoms with Gasteiger partial charge in [0.1, 0.15) is 5.69 Å². The molecule has 1 atom stereocenters. The van der Waals surface area contributed by atoms with Crippen LogP contribution in [-0.4, -0.2) is 26.9 Å². The van der Waals surface area contributed by atoms with Gasteiger partial charge in [0.05, 0.1) is 0 Å². The van der Waals surface area contributed by atoms with Gasteiger partial charge in [-0.2, -0.15) is 0 Å². The SMILES string of the molecule is C[C@H]1Cc2ccccc2N1C(=O)c1csc(-c2ncccn2)n1. The summed E-state index contributed by atoms with van der Waals surface area (Å²) in [5.41, 5.74) is 2.63. The van der Waals surface area contributed by atoms with E-state index in [1.807, 2.05) is 23.1 Å². The molecule has 3 aromatic rings. The maximum absolute atomic E-state index is 12.9. The van der Waals surface area contributed by atoms with Crippen LogP contribution in [0.1, 0.15) is 23.0 Å². The molecule has 0 bridgehead atoms. The number of fused-ring (bicyclic) bond motifs is 1. The quantitative estimate of drug-likeness (QED) is 0.727. The van der Waals surface area contributed by atoms with Crippen molar-refractivity contribution in [1.82, 2.24) is 15.0 Å². The second kappa shape index (κ2) is 5.55. The lowest BCUT2D eigenvalue weighted by atomic mass is 10.1. The van der Waals surface area contributed by atoms with E-state index in [4.69, 9.17) is 0 Å². The summed E-state index contributed by atoms with van der Waals surface area (Å²) in [5, 5.41) is 2.44. The van der Waals surface area contributed by atoms with E-state index < -0.39 is 0 Å². The smallest absolute Gasteiger partial charge is 0.278 e. The first kappa shape index (κ1) is 14.0. The van der Waals surface area contributed by atoms with Crippen LogP contribution in [0.5, 0.6) is 0 Å². The summed E-state index contributed by atoms with van der Waals surface area (Å²) >= 11 is 1.39. The van der Waals surface area contributed by atoms with Crippen molar-refractivity contribution in [3.63, 3.8) is 0 Å². The molecule has 0 saturated heterocycles. The van der Waals surface area contributed by atoms with Crippen molar-refractivity contribution >= 4 is 22.9 Å². The van der Waals surface area contributed by atoms with Crippen molar-refractivity contribution in [2.75, 3.05) is 4.90 Å². The molecule has 0 fully saturated rings. The first-order valence-corrected chi connectivity index (χ1v) is 8.26. The van der Waals surface area contributed by atoms with E-state index in [1.165, 1.54) is 16.9 Å². The number of hydrogen-bond acceptors (Lipinski definition) is 5. The van der Waals surface area contributed by atoms with Crippen LogP contribution in [0, 0.1) is 0 Å². The molecule has 1 aliphatic heterocycles. The van der Waals surface area contributed by atoms with Gasteiger partial charge in [-0.1, -0.05) is 18.2 Å². The third kappa shape index (κ3) is 2.41. The Morgan fingerprint density at radius 3 is 2.83 bits per heavy atom. The van der Waals surface area contributed by atoms with Gasteiger partial charge in [-0.25, -0.2) is 15.0 Å². The standard InChI is InChI=1S/C17H14N4OS/c1-11-9-12-5-2-3-6-14(12)21(11)17(22)13-10-23-16(20-13)15-18-7-4-8-19-15/h2-8,10-11H,9H2,1H3/t11-/m0/s1. The Labute approximate surface area is 137 Å². The first-order valence-electron chi connectivity index (χ1n) is 7.38. The zero-order valence-electron chi connectivity index (χ0n) is 12.5. The predicted octanol–water partition coefficient (Wildman–Crippen LogP) is 3.19. The molecule has 0 saturated carbocycles. The predicted molar refractivity (Wildman–Crippen MR) is 89.6 cm³/mol. The lowest BCUT2D eigenvalue weighted by Crippen LogP contribution is -2.35. The molecule has 4 rings (SSSR count). The molecular weight excluding hydrogens is 308 g/mol. The fraction of sp³-hybridized carbons (Fsp3) is 0.176. The highest BCUT2D eigenvalue weighted by molar-refractivity contribution is 7.13. The molecule has 3 heterocycles. The highest BCUT2D eigenvalue weighted by Crippen LogP contribution is 2.33. The zero-order valence-corrected chi connectivity index (χ0v) is 13.3.